The maximum absolute atomic E-state index is 12.0. The third kappa shape index (κ3) is 3.55. The van der Waals surface area contributed by atoms with Crippen LogP contribution in [0.1, 0.15) is 28.9 Å². The Morgan fingerprint density at radius 2 is 2.14 bits per heavy atom. The first-order valence-corrected chi connectivity index (χ1v) is 7.39. The molecule has 1 aromatic carbocycles. The van der Waals surface area contributed by atoms with Crippen LogP contribution < -0.4 is 15.4 Å². The highest BCUT2D eigenvalue weighted by Gasteiger charge is 2.24. The monoisotopic (exact) mass is 297 g/mol. The van der Waals surface area contributed by atoms with Crippen LogP contribution in [0.5, 0.6) is 5.75 Å². The van der Waals surface area contributed by atoms with Crippen molar-refractivity contribution in [1.29, 1.82) is 0 Å². The smallest absolute Gasteiger partial charge is 0.270 e. The summed E-state index contributed by atoms with van der Waals surface area (Å²) in [6.45, 7) is 0.623. The van der Waals surface area contributed by atoms with Crippen molar-refractivity contribution < 1.29 is 9.53 Å². The second kappa shape index (κ2) is 6.47. The fourth-order valence-corrected chi connectivity index (χ4v) is 2.20. The minimum Gasteiger partial charge on any atom is -0.496 e. The average Bonchev–Trinajstić information content (AvgIpc) is 3.37. The highest BCUT2D eigenvalue weighted by Crippen LogP contribution is 2.20. The largest absolute Gasteiger partial charge is 0.496 e. The van der Waals surface area contributed by atoms with Crippen LogP contribution in [-0.2, 0) is 6.54 Å². The summed E-state index contributed by atoms with van der Waals surface area (Å²) in [6, 6.07) is 11.8. The zero-order chi connectivity index (χ0) is 15.4. The molecule has 2 aromatic rings. The molecule has 0 atom stereocenters. The van der Waals surface area contributed by atoms with Crippen molar-refractivity contribution in [2.45, 2.75) is 25.4 Å². The van der Waals surface area contributed by atoms with Gasteiger partial charge in [0.25, 0.3) is 5.91 Å². The van der Waals surface area contributed by atoms with Gasteiger partial charge in [0.05, 0.1) is 7.11 Å². The molecule has 1 amide bonds. The number of nitrogens with zero attached hydrogens (tertiary/aromatic N) is 1. The van der Waals surface area contributed by atoms with Crippen LogP contribution in [0, 0.1) is 0 Å². The van der Waals surface area contributed by atoms with E-state index in [0.717, 1.165) is 29.8 Å². The maximum atomic E-state index is 12.0. The van der Waals surface area contributed by atoms with Crippen LogP contribution in [0.15, 0.2) is 42.6 Å². The molecule has 0 spiro atoms. The van der Waals surface area contributed by atoms with Crippen molar-refractivity contribution in [3.8, 4) is 5.75 Å². The van der Waals surface area contributed by atoms with Crippen molar-refractivity contribution in [2.24, 2.45) is 0 Å². The Kier molecular flexibility index (Phi) is 4.23. The van der Waals surface area contributed by atoms with E-state index in [0.29, 0.717) is 18.3 Å². The van der Waals surface area contributed by atoms with Gasteiger partial charge in [0, 0.05) is 30.0 Å². The molecule has 0 unspecified atom stereocenters. The third-order valence-electron chi connectivity index (χ3n) is 3.58. The Morgan fingerprint density at radius 3 is 2.91 bits per heavy atom. The molecule has 22 heavy (non-hydrogen) atoms. The number of benzene rings is 1. The Bertz CT molecular complexity index is 668. The van der Waals surface area contributed by atoms with Gasteiger partial charge in [0.1, 0.15) is 11.4 Å². The van der Waals surface area contributed by atoms with Gasteiger partial charge in [-0.25, -0.2) is 0 Å². The number of rotatable bonds is 6. The van der Waals surface area contributed by atoms with Crippen LogP contribution >= 0.6 is 0 Å². The van der Waals surface area contributed by atoms with Crippen molar-refractivity contribution >= 4 is 11.6 Å². The van der Waals surface area contributed by atoms with Crippen LogP contribution in [0.2, 0.25) is 0 Å². The van der Waals surface area contributed by atoms with E-state index in [2.05, 4.69) is 15.6 Å². The SMILES string of the molecule is COc1ccccc1CNc1ccnc(C(=O)NC2CC2)c1. The summed E-state index contributed by atoms with van der Waals surface area (Å²) in [5.41, 5.74) is 2.37. The van der Waals surface area contributed by atoms with Crippen molar-refractivity contribution in [1.82, 2.24) is 10.3 Å². The molecule has 2 N–H and O–H groups in total. The highest BCUT2D eigenvalue weighted by atomic mass is 16.5. The lowest BCUT2D eigenvalue weighted by atomic mass is 10.2. The summed E-state index contributed by atoms with van der Waals surface area (Å²) in [5, 5.41) is 6.24. The molecule has 1 aliphatic carbocycles. The zero-order valence-corrected chi connectivity index (χ0v) is 12.5. The summed E-state index contributed by atoms with van der Waals surface area (Å²) in [6.07, 6.45) is 3.78. The molecule has 1 heterocycles. The molecule has 0 aliphatic heterocycles. The van der Waals surface area contributed by atoms with Gasteiger partial charge in [-0.1, -0.05) is 18.2 Å². The normalized spacial score (nSPS) is 13.5. The number of carbonyl (C=O) groups is 1. The van der Waals surface area contributed by atoms with Gasteiger partial charge >= 0.3 is 0 Å². The van der Waals surface area contributed by atoms with E-state index in [1.165, 1.54) is 0 Å². The van der Waals surface area contributed by atoms with Crippen LogP contribution in [0.3, 0.4) is 0 Å². The predicted molar refractivity (Wildman–Crippen MR) is 85.0 cm³/mol. The Labute approximate surface area is 129 Å². The lowest BCUT2D eigenvalue weighted by Crippen LogP contribution is -2.26. The second-order valence-corrected chi connectivity index (χ2v) is 5.34. The van der Waals surface area contributed by atoms with E-state index < -0.39 is 0 Å². The summed E-state index contributed by atoms with van der Waals surface area (Å²) in [4.78, 5) is 16.1. The first-order chi connectivity index (χ1) is 10.8. The number of hydrogen-bond acceptors (Lipinski definition) is 4. The van der Waals surface area contributed by atoms with E-state index in [-0.39, 0.29) is 5.91 Å². The molecule has 5 heteroatoms. The number of amides is 1. The lowest BCUT2D eigenvalue weighted by molar-refractivity contribution is 0.0946. The van der Waals surface area contributed by atoms with E-state index in [4.69, 9.17) is 4.74 Å². The number of para-hydroxylation sites is 1. The van der Waals surface area contributed by atoms with Crippen LogP contribution in [-0.4, -0.2) is 24.0 Å². The molecule has 114 valence electrons. The topological polar surface area (TPSA) is 63.2 Å². The van der Waals surface area contributed by atoms with E-state index in [1.54, 1.807) is 19.4 Å². The quantitative estimate of drug-likeness (QED) is 0.860. The fourth-order valence-electron chi connectivity index (χ4n) is 2.20. The van der Waals surface area contributed by atoms with E-state index >= 15 is 0 Å². The van der Waals surface area contributed by atoms with Crippen molar-refractivity contribution in [2.75, 3.05) is 12.4 Å². The summed E-state index contributed by atoms with van der Waals surface area (Å²) in [7, 11) is 1.66. The average molecular weight is 297 g/mol. The van der Waals surface area contributed by atoms with Crippen LogP contribution in [0.4, 0.5) is 5.69 Å². The van der Waals surface area contributed by atoms with Crippen molar-refractivity contribution in [3.63, 3.8) is 0 Å². The van der Waals surface area contributed by atoms with Crippen molar-refractivity contribution in [3.05, 3.63) is 53.9 Å². The number of anilines is 1. The first kappa shape index (κ1) is 14.4. The molecule has 1 saturated carbocycles. The molecule has 3 rings (SSSR count). The molecular weight excluding hydrogens is 278 g/mol. The molecule has 1 aromatic heterocycles. The highest BCUT2D eigenvalue weighted by molar-refractivity contribution is 5.93. The van der Waals surface area contributed by atoms with Gasteiger partial charge in [-0.05, 0) is 31.0 Å². The number of nitrogens with one attached hydrogen (secondary N) is 2. The predicted octanol–water partition coefficient (Wildman–Crippen LogP) is 2.59. The molecule has 0 saturated heterocycles. The molecule has 0 bridgehead atoms. The van der Waals surface area contributed by atoms with Gasteiger partial charge in [-0.3, -0.25) is 9.78 Å². The van der Waals surface area contributed by atoms with Gasteiger partial charge in [-0.2, -0.15) is 0 Å². The van der Waals surface area contributed by atoms with Gasteiger partial charge in [0.15, 0.2) is 0 Å². The Hall–Kier alpha value is -2.56. The Morgan fingerprint density at radius 1 is 1.32 bits per heavy atom. The molecular formula is C17H19N3O2. The molecule has 5 nitrogen and oxygen atoms in total. The number of ether oxygens (including phenoxy) is 1. The minimum atomic E-state index is -0.108. The minimum absolute atomic E-state index is 0.108. The van der Waals surface area contributed by atoms with E-state index in [9.17, 15) is 4.79 Å². The fraction of sp³-hybridized carbons (Fsp3) is 0.294. The molecule has 1 fully saturated rings. The molecule has 0 radical (unpaired) electrons. The molecule has 1 aliphatic rings. The van der Waals surface area contributed by atoms with Gasteiger partial charge in [0.2, 0.25) is 0 Å². The number of pyridine rings is 1. The number of hydrogen-bond donors (Lipinski definition) is 2. The summed E-state index contributed by atoms with van der Waals surface area (Å²) < 4.78 is 5.33. The second-order valence-electron chi connectivity index (χ2n) is 5.34. The van der Waals surface area contributed by atoms with Gasteiger partial charge < -0.3 is 15.4 Å². The van der Waals surface area contributed by atoms with Gasteiger partial charge in [-0.15, -0.1) is 0 Å². The number of aromatic nitrogens is 1. The summed E-state index contributed by atoms with van der Waals surface area (Å²) >= 11 is 0. The number of carbonyl (C=O) groups excluding carboxylic acids is 1. The summed E-state index contributed by atoms with van der Waals surface area (Å²) in [5.74, 6) is 0.735. The Balaban J connectivity index is 1.66. The van der Waals surface area contributed by atoms with Crippen LogP contribution in [0.25, 0.3) is 0 Å². The van der Waals surface area contributed by atoms with E-state index in [1.807, 2.05) is 30.3 Å². The zero-order valence-electron chi connectivity index (χ0n) is 12.5. The standard InChI is InChI=1S/C17H19N3O2/c1-22-16-5-3-2-4-12(16)11-19-14-8-9-18-15(10-14)17(21)20-13-6-7-13/h2-5,8-10,13H,6-7,11H2,1H3,(H,18,19)(H,20,21). The third-order valence-corrected chi connectivity index (χ3v) is 3.58. The number of methoxy groups -OCH3 is 1. The maximum Gasteiger partial charge on any atom is 0.270 e. The lowest BCUT2D eigenvalue weighted by Gasteiger charge is -2.11. The first-order valence-electron chi connectivity index (χ1n) is 7.39.